The van der Waals surface area contributed by atoms with Crippen molar-refractivity contribution in [2.45, 2.75) is 6.92 Å². The van der Waals surface area contributed by atoms with Crippen LogP contribution in [0.2, 0.25) is 5.02 Å². The van der Waals surface area contributed by atoms with Gasteiger partial charge in [0.25, 0.3) is 11.6 Å². The average Bonchev–Trinajstić information content (AvgIpc) is 2.80. The summed E-state index contributed by atoms with van der Waals surface area (Å²) >= 11 is 6.01. The number of nitro groups is 1. The summed E-state index contributed by atoms with van der Waals surface area (Å²) in [4.78, 5) is 35.4. The Morgan fingerprint density at radius 1 is 1.12 bits per heavy atom. The molecular formula is C24H16ClN3O5. The summed E-state index contributed by atoms with van der Waals surface area (Å²) < 4.78 is 5.46. The molecular weight excluding hydrogens is 446 g/mol. The fourth-order valence-corrected chi connectivity index (χ4v) is 2.92. The zero-order valence-electron chi connectivity index (χ0n) is 17.2. The molecule has 164 valence electrons. The van der Waals surface area contributed by atoms with Gasteiger partial charge in [0.1, 0.15) is 17.4 Å². The Morgan fingerprint density at radius 2 is 1.82 bits per heavy atom. The van der Waals surface area contributed by atoms with E-state index in [2.05, 4.69) is 5.32 Å². The number of non-ortho nitro benzene ring substituents is 1. The number of benzene rings is 3. The summed E-state index contributed by atoms with van der Waals surface area (Å²) in [6, 6.07) is 18.5. The van der Waals surface area contributed by atoms with Gasteiger partial charge in [-0.15, -0.1) is 0 Å². The van der Waals surface area contributed by atoms with Crippen LogP contribution in [0, 0.1) is 28.4 Å². The summed E-state index contributed by atoms with van der Waals surface area (Å²) in [6.07, 6.45) is 1.25. The third-order valence-electron chi connectivity index (χ3n) is 4.48. The summed E-state index contributed by atoms with van der Waals surface area (Å²) in [5, 5.41) is 22.9. The molecule has 3 rings (SSSR count). The van der Waals surface area contributed by atoms with Crippen molar-refractivity contribution in [2.24, 2.45) is 0 Å². The number of carbonyl (C=O) groups is 2. The van der Waals surface area contributed by atoms with Gasteiger partial charge in [-0.25, -0.2) is 4.79 Å². The van der Waals surface area contributed by atoms with Crippen LogP contribution in [0.4, 0.5) is 11.4 Å². The third-order valence-corrected chi connectivity index (χ3v) is 4.81. The van der Waals surface area contributed by atoms with E-state index >= 15 is 0 Å². The normalized spacial score (nSPS) is 10.8. The van der Waals surface area contributed by atoms with Crippen molar-refractivity contribution in [2.75, 3.05) is 5.32 Å². The molecule has 0 saturated carbocycles. The lowest BCUT2D eigenvalue weighted by Crippen LogP contribution is -2.14. The van der Waals surface area contributed by atoms with Gasteiger partial charge >= 0.3 is 5.97 Å². The predicted molar refractivity (Wildman–Crippen MR) is 123 cm³/mol. The van der Waals surface area contributed by atoms with Gasteiger partial charge in [-0.2, -0.15) is 5.26 Å². The standard InChI is InChI=1S/C24H16ClN3O5/c1-15-6-8-16(9-7-15)24(30)33-22-5-3-2-4-17(22)12-18(14-26)23(29)27-21-13-19(28(31)32)10-11-20(21)25/h2-13H,1H3,(H,27,29)/b18-12+. The van der Waals surface area contributed by atoms with Gasteiger partial charge in [-0.1, -0.05) is 47.5 Å². The van der Waals surface area contributed by atoms with Crippen molar-refractivity contribution in [3.05, 3.63) is 104 Å². The Balaban J connectivity index is 1.86. The number of esters is 1. The number of ether oxygens (including phenoxy) is 1. The highest BCUT2D eigenvalue weighted by Gasteiger charge is 2.17. The Kier molecular flexibility index (Phi) is 7.18. The van der Waals surface area contributed by atoms with Crippen LogP contribution in [-0.2, 0) is 4.79 Å². The molecule has 0 aliphatic rings. The van der Waals surface area contributed by atoms with Crippen molar-refractivity contribution >= 4 is 40.9 Å². The first-order valence-electron chi connectivity index (χ1n) is 9.53. The lowest BCUT2D eigenvalue weighted by atomic mass is 10.1. The van der Waals surface area contributed by atoms with Crippen molar-refractivity contribution in [3.8, 4) is 11.8 Å². The molecule has 0 saturated heterocycles. The number of nitrogens with one attached hydrogen (secondary N) is 1. The highest BCUT2D eigenvalue weighted by Crippen LogP contribution is 2.28. The van der Waals surface area contributed by atoms with E-state index in [0.29, 0.717) is 11.1 Å². The van der Waals surface area contributed by atoms with Crippen LogP contribution in [0.15, 0.2) is 72.3 Å². The molecule has 1 N–H and O–H groups in total. The molecule has 1 amide bonds. The third kappa shape index (κ3) is 5.81. The SMILES string of the molecule is Cc1ccc(C(=O)Oc2ccccc2/C=C(\C#N)C(=O)Nc2cc([N+](=O)[O-])ccc2Cl)cc1. The molecule has 0 atom stereocenters. The van der Waals surface area contributed by atoms with Crippen LogP contribution in [0.25, 0.3) is 6.08 Å². The molecule has 0 heterocycles. The van der Waals surface area contributed by atoms with Crippen LogP contribution in [0.1, 0.15) is 21.5 Å². The van der Waals surface area contributed by atoms with Gasteiger partial charge in [-0.3, -0.25) is 14.9 Å². The number of nitrogens with zero attached hydrogens (tertiary/aromatic N) is 2. The number of amides is 1. The maximum absolute atomic E-state index is 12.6. The molecule has 0 unspecified atom stereocenters. The van der Waals surface area contributed by atoms with E-state index in [4.69, 9.17) is 16.3 Å². The summed E-state index contributed by atoms with van der Waals surface area (Å²) in [6.45, 7) is 1.89. The summed E-state index contributed by atoms with van der Waals surface area (Å²) in [7, 11) is 0. The highest BCUT2D eigenvalue weighted by molar-refractivity contribution is 6.34. The molecule has 8 nitrogen and oxygen atoms in total. The molecule has 0 aliphatic carbocycles. The number of nitro benzene ring substituents is 1. The maximum atomic E-state index is 12.6. The Hall–Kier alpha value is -4.48. The van der Waals surface area contributed by atoms with Crippen molar-refractivity contribution < 1.29 is 19.2 Å². The van der Waals surface area contributed by atoms with Gasteiger partial charge in [-0.05, 0) is 37.3 Å². The van der Waals surface area contributed by atoms with E-state index in [1.165, 1.54) is 24.3 Å². The first-order chi connectivity index (χ1) is 15.8. The number of carbonyl (C=O) groups excluding carboxylic acids is 2. The number of para-hydroxylation sites is 1. The molecule has 0 aliphatic heterocycles. The molecule has 0 aromatic heterocycles. The largest absolute Gasteiger partial charge is 0.422 e. The monoisotopic (exact) mass is 461 g/mol. The molecule has 9 heteroatoms. The second-order valence-electron chi connectivity index (χ2n) is 6.84. The van der Waals surface area contributed by atoms with Crippen LogP contribution >= 0.6 is 11.6 Å². The number of nitriles is 1. The van der Waals surface area contributed by atoms with Crippen LogP contribution in [0.3, 0.4) is 0 Å². The van der Waals surface area contributed by atoms with E-state index in [1.54, 1.807) is 48.5 Å². The Labute approximate surface area is 193 Å². The summed E-state index contributed by atoms with van der Waals surface area (Å²) in [5.41, 5.74) is 1.04. The zero-order chi connectivity index (χ0) is 24.0. The number of rotatable bonds is 6. The minimum absolute atomic E-state index is 0.0175. The minimum Gasteiger partial charge on any atom is -0.422 e. The quantitative estimate of drug-likeness (QED) is 0.132. The van der Waals surface area contributed by atoms with E-state index in [1.807, 2.05) is 6.92 Å². The number of hydrogen-bond donors (Lipinski definition) is 1. The lowest BCUT2D eigenvalue weighted by molar-refractivity contribution is -0.384. The van der Waals surface area contributed by atoms with Crippen LogP contribution in [0.5, 0.6) is 5.75 Å². The summed E-state index contributed by atoms with van der Waals surface area (Å²) in [5.74, 6) is -1.28. The first kappa shape index (κ1) is 23.2. The van der Waals surface area contributed by atoms with Crippen molar-refractivity contribution in [3.63, 3.8) is 0 Å². The van der Waals surface area contributed by atoms with Crippen molar-refractivity contribution in [1.82, 2.24) is 0 Å². The van der Waals surface area contributed by atoms with Crippen molar-refractivity contribution in [1.29, 1.82) is 5.26 Å². The van der Waals surface area contributed by atoms with Gasteiger partial charge in [0.2, 0.25) is 0 Å². The fraction of sp³-hybridized carbons (Fsp3) is 0.0417. The molecule has 3 aromatic rings. The minimum atomic E-state index is -0.834. The Bertz CT molecular complexity index is 1310. The van der Waals surface area contributed by atoms with Crippen LogP contribution < -0.4 is 10.1 Å². The smallest absolute Gasteiger partial charge is 0.343 e. The fourth-order valence-electron chi connectivity index (χ4n) is 2.76. The molecule has 0 fully saturated rings. The van der Waals surface area contributed by atoms with Crippen LogP contribution in [-0.4, -0.2) is 16.8 Å². The number of hydrogen-bond acceptors (Lipinski definition) is 6. The van der Waals surface area contributed by atoms with E-state index in [0.717, 1.165) is 11.6 Å². The maximum Gasteiger partial charge on any atom is 0.343 e. The lowest BCUT2D eigenvalue weighted by Gasteiger charge is -2.09. The highest BCUT2D eigenvalue weighted by atomic mass is 35.5. The second kappa shape index (κ2) is 10.2. The molecule has 0 spiro atoms. The number of aryl methyl sites for hydroxylation is 1. The van der Waals surface area contributed by atoms with E-state index < -0.39 is 16.8 Å². The van der Waals surface area contributed by atoms with E-state index in [-0.39, 0.29) is 27.7 Å². The zero-order valence-corrected chi connectivity index (χ0v) is 18.0. The van der Waals surface area contributed by atoms with E-state index in [9.17, 15) is 25.0 Å². The van der Waals surface area contributed by atoms with Gasteiger partial charge in [0.05, 0.1) is 21.2 Å². The predicted octanol–water partition coefficient (Wildman–Crippen LogP) is 5.32. The molecule has 0 radical (unpaired) electrons. The molecule has 3 aromatic carbocycles. The number of anilines is 1. The number of halogens is 1. The Morgan fingerprint density at radius 3 is 2.48 bits per heavy atom. The first-order valence-corrected chi connectivity index (χ1v) is 9.91. The van der Waals surface area contributed by atoms with Gasteiger partial charge in [0, 0.05) is 17.7 Å². The topological polar surface area (TPSA) is 122 Å². The molecule has 33 heavy (non-hydrogen) atoms. The second-order valence-corrected chi connectivity index (χ2v) is 7.25. The molecule has 0 bridgehead atoms. The van der Waals surface area contributed by atoms with Gasteiger partial charge in [0.15, 0.2) is 0 Å². The average molecular weight is 462 g/mol. The van der Waals surface area contributed by atoms with Gasteiger partial charge < -0.3 is 10.1 Å².